The molecule has 0 unspecified atom stereocenters. The molecule has 6 heteroatoms. The van der Waals surface area contributed by atoms with Crippen LogP contribution in [-0.4, -0.2) is 64.8 Å². The van der Waals surface area contributed by atoms with E-state index in [0.717, 1.165) is 43.7 Å². The minimum Gasteiger partial charge on any atom is -0.373 e. The monoisotopic (exact) mass is 382 g/mol. The first kappa shape index (κ1) is 19.2. The maximum atomic E-state index is 13.4. The molecule has 6 nitrogen and oxygen atoms in total. The Labute approximate surface area is 166 Å². The summed E-state index contributed by atoms with van der Waals surface area (Å²) in [5.41, 5.74) is 2.65. The molecule has 2 atom stereocenters. The third-order valence-electron chi connectivity index (χ3n) is 5.76. The molecular formula is C22H30N4O2. The summed E-state index contributed by atoms with van der Waals surface area (Å²) in [5, 5.41) is 7.31. The predicted octanol–water partition coefficient (Wildman–Crippen LogP) is 3.04. The van der Waals surface area contributed by atoms with Crippen LogP contribution in [0, 0.1) is 0 Å². The topological polar surface area (TPSA) is 61.5 Å². The van der Waals surface area contributed by atoms with Gasteiger partial charge in [0.1, 0.15) is 5.69 Å². The van der Waals surface area contributed by atoms with E-state index in [2.05, 4.69) is 34.2 Å². The van der Waals surface area contributed by atoms with Crippen molar-refractivity contribution in [1.82, 2.24) is 20.0 Å². The normalized spacial score (nSPS) is 23.2. The smallest absolute Gasteiger partial charge is 0.275 e. The Balaban J connectivity index is 1.60. The summed E-state index contributed by atoms with van der Waals surface area (Å²) in [7, 11) is 0. The molecule has 1 amide bonds. The standard InChI is InChI=1S/C22H30N4O2/c1-2-8-18-15-19(24-23-18)22(27)26-13-14-28-20(16-25-11-6-7-12-25)21(26)17-9-4-3-5-10-17/h3-5,9-10,15,20-21H,2,6-8,11-14,16H2,1H3,(H,23,24)/t20-,21-/m0/s1. The first-order valence-corrected chi connectivity index (χ1v) is 10.5. The molecule has 1 N–H and O–H groups in total. The van der Waals surface area contributed by atoms with E-state index in [0.29, 0.717) is 18.8 Å². The van der Waals surface area contributed by atoms with Crippen molar-refractivity contribution >= 4 is 5.91 Å². The van der Waals surface area contributed by atoms with Gasteiger partial charge in [-0.05, 0) is 44.0 Å². The van der Waals surface area contributed by atoms with Crippen molar-refractivity contribution < 1.29 is 9.53 Å². The molecular weight excluding hydrogens is 352 g/mol. The number of amides is 1. The highest BCUT2D eigenvalue weighted by Crippen LogP contribution is 2.32. The summed E-state index contributed by atoms with van der Waals surface area (Å²) >= 11 is 0. The fraction of sp³-hybridized carbons (Fsp3) is 0.545. The fourth-order valence-electron chi connectivity index (χ4n) is 4.39. The van der Waals surface area contributed by atoms with Crippen LogP contribution in [0.3, 0.4) is 0 Å². The number of nitrogens with zero attached hydrogens (tertiary/aromatic N) is 3. The molecule has 0 saturated carbocycles. The first-order chi connectivity index (χ1) is 13.8. The van der Waals surface area contributed by atoms with E-state index in [-0.39, 0.29) is 18.1 Å². The summed E-state index contributed by atoms with van der Waals surface area (Å²) in [4.78, 5) is 17.8. The number of aromatic amines is 1. The third-order valence-corrected chi connectivity index (χ3v) is 5.76. The maximum absolute atomic E-state index is 13.4. The van der Waals surface area contributed by atoms with Gasteiger partial charge in [-0.2, -0.15) is 5.10 Å². The molecule has 2 aromatic rings. The molecule has 1 aromatic carbocycles. The number of benzene rings is 1. The lowest BCUT2D eigenvalue weighted by Gasteiger charge is -2.42. The van der Waals surface area contributed by atoms with Crippen molar-refractivity contribution in [2.75, 3.05) is 32.8 Å². The second-order valence-corrected chi connectivity index (χ2v) is 7.80. The van der Waals surface area contributed by atoms with Crippen LogP contribution in [0.5, 0.6) is 0 Å². The molecule has 0 bridgehead atoms. The number of H-pyrrole nitrogens is 1. The molecule has 28 heavy (non-hydrogen) atoms. The molecule has 2 saturated heterocycles. The van der Waals surface area contributed by atoms with Crippen molar-refractivity contribution in [3.05, 3.63) is 53.3 Å². The van der Waals surface area contributed by atoms with Gasteiger partial charge in [0, 0.05) is 18.8 Å². The Morgan fingerprint density at radius 2 is 2.00 bits per heavy atom. The van der Waals surface area contributed by atoms with Crippen LogP contribution in [0.25, 0.3) is 0 Å². The zero-order chi connectivity index (χ0) is 19.3. The number of ether oxygens (including phenoxy) is 1. The number of carbonyl (C=O) groups excluding carboxylic acids is 1. The average Bonchev–Trinajstić information content (AvgIpc) is 3.40. The first-order valence-electron chi connectivity index (χ1n) is 10.5. The minimum atomic E-state index is -0.0885. The molecule has 0 aliphatic carbocycles. The number of likely N-dealkylation sites (tertiary alicyclic amines) is 1. The van der Waals surface area contributed by atoms with E-state index in [1.165, 1.54) is 12.8 Å². The van der Waals surface area contributed by atoms with Gasteiger partial charge in [0.25, 0.3) is 5.91 Å². The predicted molar refractivity (Wildman–Crippen MR) is 108 cm³/mol. The highest BCUT2D eigenvalue weighted by Gasteiger charge is 2.38. The maximum Gasteiger partial charge on any atom is 0.275 e. The van der Waals surface area contributed by atoms with Gasteiger partial charge >= 0.3 is 0 Å². The Morgan fingerprint density at radius 1 is 1.21 bits per heavy atom. The lowest BCUT2D eigenvalue weighted by Crippen LogP contribution is -2.51. The Morgan fingerprint density at radius 3 is 2.75 bits per heavy atom. The third kappa shape index (κ3) is 4.13. The summed E-state index contributed by atoms with van der Waals surface area (Å²) in [6, 6.07) is 12.1. The quantitative estimate of drug-likeness (QED) is 0.834. The number of rotatable bonds is 6. The van der Waals surface area contributed by atoms with Crippen molar-refractivity contribution in [2.24, 2.45) is 0 Å². The number of hydrogen-bond donors (Lipinski definition) is 1. The molecule has 0 radical (unpaired) electrons. The summed E-state index contributed by atoms with van der Waals surface area (Å²) in [5.74, 6) is -0.0119. The molecule has 2 fully saturated rings. The van der Waals surface area contributed by atoms with E-state index in [1.807, 2.05) is 29.2 Å². The van der Waals surface area contributed by atoms with E-state index in [1.54, 1.807) is 0 Å². The van der Waals surface area contributed by atoms with Gasteiger partial charge in [-0.1, -0.05) is 43.7 Å². The molecule has 3 heterocycles. The van der Waals surface area contributed by atoms with Crippen molar-refractivity contribution in [3.8, 4) is 0 Å². The highest BCUT2D eigenvalue weighted by molar-refractivity contribution is 5.92. The van der Waals surface area contributed by atoms with Gasteiger partial charge in [-0.3, -0.25) is 9.89 Å². The van der Waals surface area contributed by atoms with Gasteiger partial charge in [0.2, 0.25) is 0 Å². The molecule has 2 aliphatic rings. The average molecular weight is 383 g/mol. The van der Waals surface area contributed by atoms with Gasteiger partial charge in [-0.25, -0.2) is 0 Å². The minimum absolute atomic E-state index is 0.0119. The largest absolute Gasteiger partial charge is 0.373 e. The second-order valence-electron chi connectivity index (χ2n) is 7.80. The molecule has 1 aromatic heterocycles. The lowest BCUT2D eigenvalue weighted by atomic mass is 9.97. The number of nitrogens with one attached hydrogen (secondary N) is 1. The summed E-state index contributed by atoms with van der Waals surface area (Å²) in [6.07, 6.45) is 4.41. The van der Waals surface area contributed by atoms with E-state index in [4.69, 9.17) is 4.74 Å². The highest BCUT2D eigenvalue weighted by atomic mass is 16.5. The van der Waals surface area contributed by atoms with Gasteiger partial charge < -0.3 is 14.5 Å². The molecule has 150 valence electrons. The Hall–Kier alpha value is -2.18. The van der Waals surface area contributed by atoms with Crippen molar-refractivity contribution in [1.29, 1.82) is 0 Å². The van der Waals surface area contributed by atoms with Crippen LogP contribution in [0.15, 0.2) is 36.4 Å². The molecule has 2 aliphatic heterocycles. The SMILES string of the molecule is CCCc1cc(C(=O)N2CCO[C@@H](CN3CCCC3)[C@@H]2c2ccccc2)n[nH]1. The number of hydrogen-bond acceptors (Lipinski definition) is 4. The summed E-state index contributed by atoms with van der Waals surface area (Å²) in [6.45, 7) is 6.39. The van der Waals surface area contributed by atoms with Crippen LogP contribution in [0.2, 0.25) is 0 Å². The Bertz CT molecular complexity index is 770. The van der Waals surface area contributed by atoms with Crippen LogP contribution in [-0.2, 0) is 11.2 Å². The van der Waals surface area contributed by atoms with Gasteiger partial charge in [0.05, 0.1) is 18.8 Å². The zero-order valence-corrected chi connectivity index (χ0v) is 16.6. The summed E-state index contributed by atoms with van der Waals surface area (Å²) < 4.78 is 6.20. The van der Waals surface area contributed by atoms with Crippen molar-refractivity contribution in [2.45, 2.75) is 44.8 Å². The van der Waals surface area contributed by atoms with Gasteiger partial charge in [0.15, 0.2) is 0 Å². The number of carbonyl (C=O) groups is 1. The van der Waals surface area contributed by atoms with E-state index >= 15 is 0 Å². The van der Waals surface area contributed by atoms with E-state index in [9.17, 15) is 4.79 Å². The lowest BCUT2D eigenvalue weighted by molar-refractivity contribution is -0.0708. The van der Waals surface area contributed by atoms with Crippen LogP contribution in [0.4, 0.5) is 0 Å². The molecule has 4 rings (SSSR count). The van der Waals surface area contributed by atoms with E-state index < -0.39 is 0 Å². The van der Waals surface area contributed by atoms with Gasteiger partial charge in [-0.15, -0.1) is 0 Å². The van der Waals surface area contributed by atoms with Crippen LogP contribution in [0.1, 0.15) is 54.0 Å². The number of aromatic nitrogens is 2. The Kier molecular flexibility index (Phi) is 6.07. The fourth-order valence-corrected chi connectivity index (χ4v) is 4.39. The second kappa shape index (κ2) is 8.88. The van der Waals surface area contributed by atoms with Crippen molar-refractivity contribution in [3.63, 3.8) is 0 Å². The number of morpholine rings is 1. The number of aryl methyl sites for hydroxylation is 1. The van der Waals surface area contributed by atoms with Crippen LogP contribution < -0.4 is 0 Å². The van der Waals surface area contributed by atoms with Crippen LogP contribution >= 0.6 is 0 Å². The molecule has 0 spiro atoms. The zero-order valence-electron chi connectivity index (χ0n) is 16.6.